The van der Waals surface area contributed by atoms with E-state index in [1.165, 1.54) is 24.1 Å². The van der Waals surface area contributed by atoms with Crippen LogP contribution in [0, 0.1) is 0 Å². The van der Waals surface area contributed by atoms with Crippen LogP contribution in [0.5, 0.6) is 0 Å². The third-order valence-electron chi connectivity index (χ3n) is 3.63. The van der Waals surface area contributed by atoms with Crippen molar-refractivity contribution in [3.05, 3.63) is 52.4 Å². The van der Waals surface area contributed by atoms with Crippen LogP contribution in [0.1, 0.15) is 24.2 Å². The van der Waals surface area contributed by atoms with E-state index < -0.39 is 0 Å². The van der Waals surface area contributed by atoms with E-state index in [0.29, 0.717) is 6.04 Å². The molecule has 0 atom stereocenters. The predicted molar refractivity (Wildman–Crippen MR) is 84.8 cm³/mol. The fourth-order valence-corrected chi connectivity index (χ4v) is 2.94. The summed E-state index contributed by atoms with van der Waals surface area (Å²) in [6.45, 7) is 1.72. The van der Waals surface area contributed by atoms with Crippen molar-refractivity contribution >= 4 is 21.6 Å². The smallest absolute Gasteiger partial charge is 0.123 e. The number of nitrogens with one attached hydrogen (secondary N) is 1. The van der Waals surface area contributed by atoms with Gasteiger partial charge >= 0.3 is 0 Å². The molecular weight excluding hydrogens is 316 g/mol. The second-order valence-electron chi connectivity index (χ2n) is 5.24. The Morgan fingerprint density at radius 1 is 1.35 bits per heavy atom. The van der Waals surface area contributed by atoms with E-state index in [1.54, 1.807) is 6.26 Å². The molecule has 0 unspecified atom stereocenters. The van der Waals surface area contributed by atoms with E-state index in [9.17, 15) is 0 Å². The molecule has 1 aliphatic carbocycles. The first kappa shape index (κ1) is 13.7. The minimum Gasteiger partial charge on any atom is -0.467 e. The van der Waals surface area contributed by atoms with E-state index >= 15 is 0 Å². The summed E-state index contributed by atoms with van der Waals surface area (Å²) in [6.07, 6.45) is 4.29. The Bertz CT molecular complexity index is 564. The van der Waals surface area contributed by atoms with Gasteiger partial charge in [-0.1, -0.05) is 22.0 Å². The summed E-state index contributed by atoms with van der Waals surface area (Å²) in [5.41, 5.74) is 2.54. The molecule has 0 radical (unpaired) electrons. The van der Waals surface area contributed by atoms with Crippen LogP contribution in [0.3, 0.4) is 0 Å². The monoisotopic (exact) mass is 334 g/mol. The summed E-state index contributed by atoms with van der Waals surface area (Å²) in [5.74, 6) is 1.02. The molecular formula is C16H19BrN2O. The summed E-state index contributed by atoms with van der Waals surface area (Å²) in [6, 6.07) is 11.3. The zero-order valence-corrected chi connectivity index (χ0v) is 13.2. The minimum absolute atomic E-state index is 0.655. The molecule has 3 rings (SSSR count). The topological polar surface area (TPSA) is 28.4 Å². The average molecular weight is 335 g/mol. The summed E-state index contributed by atoms with van der Waals surface area (Å²) in [4.78, 5) is 2.44. The van der Waals surface area contributed by atoms with E-state index in [-0.39, 0.29) is 0 Å². The molecule has 0 saturated heterocycles. The normalized spacial score (nSPS) is 14.5. The van der Waals surface area contributed by atoms with Crippen molar-refractivity contribution < 1.29 is 4.42 Å². The second-order valence-corrected chi connectivity index (χ2v) is 6.10. The Balaban J connectivity index is 1.82. The molecule has 1 N–H and O–H groups in total. The van der Waals surface area contributed by atoms with Crippen molar-refractivity contribution in [3.8, 4) is 0 Å². The fraction of sp³-hybridized carbons (Fsp3) is 0.375. The van der Waals surface area contributed by atoms with Gasteiger partial charge in [-0.3, -0.25) is 0 Å². The third kappa shape index (κ3) is 3.07. The van der Waals surface area contributed by atoms with Crippen LogP contribution >= 0.6 is 15.9 Å². The number of benzene rings is 1. The molecule has 1 saturated carbocycles. The number of furan rings is 1. The van der Waals surface area contributed by atoms with Crippen LogP contribution in [0.25, 0.3) is 0 Å². The van der Waals surface area contributed by atoms with Crippen LogP contribution in [0.2, 0.25) is 0 Å². The third-order valence-corrected chi connectivity index (χ3v) is 4.37. The van der Waals surface area contributed by atoms with E-state index in [0.717, 1.165) is 23.3 Å². The highest BCUT2D eigenvalue weighted by Gasteiger charge is 2.30. The van der Waals surface area contributed by atoms with Gasteiger partial charge in [0.2, 0.25) is 0 Å². The van der Waals surface area contributed by atoms with E-state index in [1.807, 2.05) is 19.2 Å². The van der Waals surface area contributed by atoms with Gasteiger partial charge in [0.15, 0.2) is 0 Å². The molecule has 3 nitrogen and oxygen atoms in total. The molecule has 106 valence electrons. The van der Waals surface area contributed by atoms with E-state index in [4.69, 9.17) is 4.42 Å². The number of halogens is 1. The summed E-state index contributed by atoms with van der Waals surface area (Å²) < 4.78 is 6.65. The first-order chi connectivity index (χ1) is 9.78. The Morgan fingerprint density at radius 3 is 2.80 bits per heavy atom. The lowest BCUT2D eigenvalue weighted by Gasteiger charge is -2.24. The van der Waals surface area contributed by atoms with Crippen LogP contribution in [-0.2, 0) is 13.1 Å². The van der Waals surface area contributed by atoms with Crippen molar-refractivity contribution in [1.29, 1.82) is 0 Å². The molecule has 0 aliphatic heterocycles. The standard InChI is InChI=1S/C16H19BrN2O/c1-18-10-12-4-5-14(9-16(12)17)19(13-6-7-13)11-15-3-2-8-20-15/h2-5,8-9,13,18H,6-7,10-11H2,1H3. The van der Waals surface area contributed by atoms with Gasteiger partial charge < -0.3 is 14.6 Å². The van der Waals surface area contributed by atoms with Gasteiger partial charge in [0.05, 0.1) is 12.8 Å². The molecule has 1 aliphatic rings. The number of nitrogens with zero attached hydrogens (tertiary/aromatic N) is 1. The fourth-order valence-electron chi connectivity index (χ4n) is 2.44. The SMILES string of the molecule is CNCc1ccc(N(Cc2ccco2)C2CC2)cc1Br. The summed E-state index contributed by atoms with van der Waals surface area (Å²) in [5, 5.41) is 3.19. The molecule has 0 amide bonds. The zero-order valence-electron chi connectivity index (χ0n) is 11.6. The molecule has 1 heterocycles. The van der Waals surface area contributed by atoms with Gasteiger partial charge in [0, 0.05) is 22.7 Å². The lowest BCUT2D eigenvalue weighted by molar-refractivity contribution is 0.501. The highest BCUT2D eigenvalue weighted by molar-refractivity contribution is 9.10. The van der Waals surface area contributed by atoms with Gasteiger partial charge in [-0.2, -0.15) is 0 Å². The second kappa shape index (κ2) is 6.02. The Labute approximate surface area is 128 Å². The van der Waals surface area contributed by atoms with Crippen LogP contribution < -0.4 is 10.2 Å². The minimum atomic E-state index is 0.655. The Hall–Kier alpha value is -1.26. The lowest BCUT2D eigenvalue weighted by Crippen LogP contribution is -2.24. The van der Waals surface area contributed by atoms with Crippen LogP contribution in [0.15, 0.2) is 45.5 Å². The van der Waals surface area contributed by atoms with Gasteiger partial charge in [0.1, 0.15) is 5.76 Å². The highest BCUT2D eigenvalue weighted by atomic mass is 79.9. The maximum atomic E-state index is 5.49. The van der Waals surface area contributed by atoms with Crippen LogP contribution in [0.4, 0.5) is 5.69 Å². The average Bonchev–Trinajstić information content (AvgIpc) is 3.15. The zero-order chi connectivity index (χ0) is 13.9. The Morgan fingerprint density at radius 2 is 2.20 bits per heavy atom. The maximum absolute atomic E-state index is 5.49. The van der Waals surface area contributed by atoms with E-state index in [2.05, 4.69) is 44.3 Å². The molecule has 0 bridgehead atoms. The van der Waals surface area contributed by atoms with Crippen molar-refractivity contribution in [2.45, 2.75) is 32.0 Å². The molecule has 4 heteroatoms. The number of rotatable bonds is 6. The number of anilines is 1. The first-order valence-electron chi connectivity index (χ1n) is 7.00. The largest absolute Gasteiger partial charge is 0.467 e. The first-order valence-corrected chi connectivity index (χ1v) is 7.79. The van der Waals surface area contributed by atoms with Crippen LogP contribution in [-0.4, -0.2) is 13.1 Å². The lowest BCUT2D eigenvalue weighted by atomic mass is 10.2. The number of hydrogen-bond donors (Lipinski definition) is 1. The van der Waals surface area contributed by atoms with Crippen molar-refractivity contribution in [2.75, 3.05) is 11.9 Å². The highest BCUT2D eigenvalue weighted by Crippen LogP contribution is 2.35. The molecule has 1 fully saturated rings. The summed E-state index contributed by atoms with van der Waals surface area (Å²) in [7, 11) is 1.97. The van der Waals surface area contributed by atoms with Gasteiger partial charge in [-0.05, 0) is 49.7 Å². The molecule has 1 aromatic heterocycles. The van der Waals surface area contributed by atoms with Gasteiger partial charge in [0.25, 0.3) is 0 Å². The van der Waals surface area contributed by atoms with Crippen molar-refractivity contribution in [1.82, 2.24) is 5.32 Å². The molecule has 1 aromatic carbocycles. The predicted octanol–water partition coefficient (Wildman–Crippen LogP) is 3.93. The molecule has 0 spiro atoms. The van der Waals surface area contributed by atoms with Crippen molar-refractivity contribution in [2.24, 2.45) is 0 Å². The number of hydrogen-bond acceptors (Lipinski definition) is 3. The van der Waals surface area contributed by atoms with Gasteiger partial charge in [-0.25, -0.2) is 0 Å². The Kier molecular flexibility index (Phi) is 4.13. The summed E-state index contributed by atoms with van der Waals surface area (Å²) >= 11 is 3.67. The molecule has 20 heavy (non-hydrogen) atoms. The maximum Gasteiger partial charge on any atom is 0.123 e. The van der Waals surface area contributed by atoms with Gasteiger partial charge in [-0.15, -0.1) is 0 Å². The quantitative estimate of drug-likeness (QED) is 0.867. The molecule has 2 aromatic rings. The van der Waals surface area contributed by atoms with Crippen molar-refractivity contribution in [3.63, 3.8) is 0 Å².